The van der Waals surface area contributed by atoms with Crippen molar-refractivity contribution in [3.8, 4) is 5.75 Å². The zero-order chi connectivity index (χ0) is 13.8. The third kappa shape index (κ3) is 5.27. The Labute approximate surface area is 112 Å². The minimum atomic E-state index is -4.34. The Morgan fingerprint density at radius 3 is 2.61 bits per heavy atom. The van der Waals surface area contributed by atoms with Crippen LogP contribution in [0.4, 0.5) is 13.2 Å². The molecule has 2 nitrogen and oxygen atoms in total. The summed E-state index contributed by atoms with van der Waals surface area (Å²) in [6.07, 6.45) is -3.09. The van der Waals surface area contributed by atoms with Gasteiger partial charge >= 0.3 is 6.18 Å². The summed E-state index contributed by atoms with van der Waals surface area (Å²) in [6.45, 7) is 0.641. The van der Waals surface area contributed by atoms with E-state index >= 15 is 0 Å². The van der Waals surface area contributed by atoms with Gasteiger partial charge in [0.05, 0.1) is 0 Å². The molecular weight excluding hydrogens is 311 g/mol. The molecule has 18 heavy (non-hydrogen) atoms. The molecule has 0 heterocycles. The maximum atomic E-state index is 12.1. The van der Waals surface area contributed by atoms with Crippen LogP contribution in [0.25, 0.3) is 0 Å². The van der Waals surface area contributed by atoms with Crippen LogP contribution in [-0.4, -0.2) is 18.8 Å². The molecule has 0 saturated heterocycles. The molecule has 1 aromatic carbocycles. The van der Waals surface area contributed by atoms with Crippen LogP contribution >= 0.6 is 15.9 Å². The van der Waals surface area contributed by atoms with Gasteiger partial charge in [-0.2, -0.15) is 13.2 Å². The van der Waals surface area contributed by atoms with Gasteiger partial charge in [-0.05, 0) is 36.6 Å². The van der Waals surface area contributed by atoms with Crippen molar-refractivity contribution in [2.75, 3.05) is 6.61 Å². The normalized spacial score (nSPS) is 13.4. The molecule has 1 rings (SSSR count). The third-order valence-electron chi connectivity index (χ3n) is 2.42. The lowest BCUT2D eigenvalue weighted by molar-refractivity contribution is -0.153. The number of alkyl halides is 3. The molecule has 0 bridgehead atoms. The SMILES string of the molecule is CCC(N)Cc1cc(Br)ccc1OCC(F)(F)F. The van der Waals surface area contributed by atoms with Crippen molar-refractivity contribution in [3.63, 3.8) is 0 Å². The number of nitrogens with two attached hydrogens (primary N) is 1. The van der Waals surface area contributed by atoms with Crippen LogP contribution < -0.4 is 10.5 Å². The molecule has 0 spiro atoms. The number of benzene rings is 1. The summed E-state index contributed by atoms with van der Waals surface area (Å²) in [4.78, 5) is 0. The van der Waals surface area contributed by atoms with Crippen LogP contribution in [0.5, 0.6) is 5.75 Å². The molecule has 0 aliphatic heterocycles. The van der Waals surface area contributed by atoms with Gasteiger partial charge in [0.25, 0.3) is 0 Å². The van der Waals surface area contributed by atoms with E-state index in [0.29, 0.717) is 12.0 Å². The van der Waals surface area contributed by atoms with Crippen molar-refractivity contribution < 1.29 is 17.9 Å². The smallest absolute Gasteiger partial charge is 0.422 e. The van der Waals surface area contributed by atoms with Gasteiger partial charge in [0, 0.05) is 10.5 Å². The minimum absolute atomic E-state index is 0.0902. The molecular formula is C12H15BrF3NO. The van der Waals surface area contributed by atoms with Crippen molar-refractivity contribution in [2.24, 2.45) is 5.73 Å². The Morgan fingerprint density at radius 2 is 2.06 bits per heavy atom. The van der Waals surface area contributed by atoms with Crippen LogP contribution in [-0.2, 0) is 6.42 Å². The van der Waals surface area contributed by atoms with E-state index in [1.807, 2.05) is 6.92 Å². The predicted octanol–water partition coefficient (Wildman–Crippen LogP) is 3.67. The fourth-order valence-corrected chi connectivity index (χ4v) is 1.84. The first-order valence-corrected chi connectivity index (χ1v) is 6.34. The highest BCUT2D eigenvalue weighted by molar-refractivity contribution is 9.10. The molecule has 0 aliphatic carbocycles. The van der Waals surface area contributed by atoms with Gasteiger partial charge < -0.3 is 10.5 Å². The Hall–Kier alpha value is -0.750. The summed E-state index contributed by atoms with van der Waals surface area (Å²) in [6, 6.07) is 4.81. The lowest BCUT2D eigenvalue weighted by atomic mass is 10.0. The van der Waals surface area contributed by atoms with Gasteiger partial charge in [0.2, 0.25) is 0 Å². The van der Waals surface area contributed by atoms with E-state index < -0.39 is 12.8 Å². The zero-order valence-electron chi connectivity index (χ0n) is 9.93. The van der Waals surface area contributed by atoms with Crippen LogP contribution in [0, 0.1) is 0 Å². The molecule has 0 aliphatic rings. The van der Waals surface area contributed by atoms with E-state index in [1.165, 1.54) is 6.07 Å². The quantitative estimate of drug-likeness (QED) is 0.896. The highest BCUT2D eigenvalue weighted by atomic mass is 79.9. The first kappa shape index (κ1) is 15.3. The molecule has 1 atom stereocenters. The maximum Gasteiger partial charge on any atom is 0.422 e. The van der Waals surface area contributed by atoms with Crippen molar-refractivity contribution in [2.45, 2.75) is 32.0 Å². The van der Waals surface area contributed by atoms with Crippen molar-refractivity contribution in [1.82, 2.24) is 0 Å². The predicted molar refractivity (Wildman–Crippen MR) is 67.7 cm³/mol. The molecule has 0 fully saturated rings. The van der Waals surface area contributed by atoms with Gasteiger partial charge in [0.1, 0.15) is 5.75 Å². The third-order valence-corrected chi connectivity index (χ3v) is 2.91. The van der Waals surface area contributed by atoms with E-state index in [9.17, 15) is 13.2 Å². The van der Waals surface area contributed by atoms with Crippen LogP contribution in [0.3, 0.4) is 0 Å². The number of hydrogen-bond donors (Lipinski definition) is 1. The summed E-state index contributed by atoms with van der Waals surface area (Å²) in [5.74, 6) is 0.236. The second-order valence-electron chi connectivity index (χ2n) is 4.03. The zero-order valence-corrected chi connectivity index (χ0v) is 11.5. The van der Waals surface area contributed by atoms with Gasteiger partial charge in [-0.25, -0.2) is 0 Å². The molecule has 2 N–H and O–H groups in total. The highest BCUT2D eigenvalue weighted by Crippen LogP contribution is 2.26. The summed E-state index contributed by atoms with van der Waals surface area (Å²) >= 11 is 3.28. The fraction of sp³-hybridized carbons (Fsp3) is 0.500. The average molecular weight is 326 g/mol. The fourth-order valence-electron chi connectivity index (χ4n) is 1.43. The largest absolute Gasteiger partial charge is 0.484 e. The topological polar surface area (TPSA) is 35.2 Å². The van der Waals surface area contributed by atoms with Gasteiger partial charge in [-0.15, -0.1) is 0 Å². The number of hydrogen-bond acceptors (Lipinski definition) is 2. The first-order chi connectivity index (χ1) is 8.31. The van der Waals surface area contributed by atoms with E-state index in [0.717, 1.165) is 10.9 Å². The van der Waals surface area contributed by atoms with Gasteiger partial charge in [0.15, 0.2) is 6.61 Å². The van der Waals surface area contributed by atoms with Crippen LogP contribution in [0.15, 0.2) is 22.7 Å². The Morgan fingerprint density at radius 1 is 1.39 bits per heavy atom. The summed E-state index contributed by atoms with van der Waals surface area (Å²) in [5, 5.41) is 0. The summed E-state index contributed by atoms with van der Waals surface area (Å²) < 4.78 is 42.0. The Bertz CT molecular complexity index is 395. The maximum absolute atomic E-state index is 12.1. The van der Waals surface area contributed by atoms with E-state index in [2.05, 4.69) is 15.9 Å². The van der Waals surface area contributed by atoms with Crippen molar-refractivity contribution in [3.05, 3.63) is 28.2 Å². The van der Waals surface area contributed by atoms with E-state index in [4.69, 9.17) is 10.5 Å². The molecule has 0 amide bonds. The Kier molecular flexibility index (Phi) is 5.47. The van der Waals surface area contributed by atoms with E-state index in [1.54, 1.807) is 12.1 Å². The molecule has 1 aromatic rings. The second-order valence-corrected chi connectivity index (χ2v) is 4.94. The highest BCUT2D eigenvalue weighted by Gasteiger charge is 2.28. The molecule has 102 valence electrons. The van der Waals surface area contributed by atoms with Crippen molar-refractivity contribution in [1.29, 1.82) is 0 Å². The minimum Gasteiger partial charge on any atom is -0.484 e. The Balaban J connectivity index is 2.82. The summed E-state index contributed by atoms with van der Waals surface area (Å²) in [5.41, 5.74) is 6.50. The van der Waals surface area contributed by atoms with Gasteiger partial charge in [-0.1, -0.05) is 22.9 Å². The molecule has 0 aromatic heterocycles. The number of rotatable bonds is 5. The number of halogens is 4. The van der Waals surface area contributed by atoms with Crippen molar-refractivity contribution >= 4 is 15.9 Å². The monoisotopic (exact) mass is 325 g/mol. The van der Waals surface area contributed by atoms with E-state index in [-0.39, 0.29) is 11.8 Å². The standard InChI is InChI=1S/C12H15BrF3NO/c1-2-10(17)6-8-5-9(13)3-4-11(8)18-7-12(14,15)16/h3-5,10H,2,6-7,17H2,1H3. The summed E-state index contributed by atoms with van der Waals surface area (Å²) in [7, 11) is 0. The lowest BCUT2D eigenvalue weighted by Crippen LogP contribution is -2.23. The second kappa shape index (κ2) is 6.43. The van der Waals surface area contributed by atoms with Crippen LogP contribution in [0.2, 0.25) is 0 Å². The average Bonchev–Trinajstić information content (AvgIpc) is 2.26. The lowest BCUT2D eigenvalue weighted by Gasteiger charge is -2.15. The number of ether oxygens (including phenoxy) is 1. The molecule has 6 heteroatoms. The molecule has 0 radical (unpaired) electrons. The first-order valence-electron chi connectivity index (χ1n) is 5.55. The van der Waals surface area contributed by atoms with Gasteiger partial charge in [-0.3, -0.25) is 0 Å². The molecule has 0 saturated carbocycles. The molecule has 1 unspecified atom stereocenters. The van der Waals surface area contributed by atoms with Crippen LogP contribution in [0.1, 0.15) is 18.9 Å².